The molecular weight excluding hydrogens is 234 g/mol. The van der Waals surface area contributed by atoms with Crippen molar-refractivity contribution in [1.29, 1.82) is 0 Å². The number of hydrogen-bond acceptors (Lipinski definition) is 4. The predicted octanol–water partition coefficient (Wildman–Crippen LogP) is 2.31. The van der Waals surface area contributed by atoms with Gasteiger partial charge in [-0.25, -0.2) is 8.78 Å². The molecule has 0 atom stereocenters. The van der Waals surface area contributed by atoms with E-state index in [1.165, 1.54) is 0 Å². The molecule has 8 heteroatoms. The maximum atomic E-state index is 12.3. The van der Waals surface area contributed by atoms with Crippen LogP contribution < -0.4 is 0 Å². The molecule has 0 amide bonds. The van der Waals surface area contributed by atoms with E-state index >= 15 is 0 Å². The number of carbonyl (C=O) groups is 1. The van der Waals surface area contributed by atoms with Crippen molar-refractivity contribution in [3.63, 3.8) is 0 Å². The Labute approximate surface area is 86.8 Å². The van der Waals surface area contributed by atoms with Crippen LogP contribution in [0.15, 0.2) is 12.1 Å². The Kier molecular flexibility index (Phi) is 3.25. The summed E-state index contributed by atoms with van der Waals surface area (Å²) in [5.41, 5.74) is -1.51. The van der Waals surface area contributed by atoms with Gasteiger partial charge in [0.2, 0.25) is 5.69 Å². The van der Waals surface area contributed by atoms with Gasteiger partial charge in [0.05, 0.1) is 5.56 Å². The molecule has 1 aromatic rings. The lowest BCUT2D eigenvalue weighted by Crippen LogP contribution is -2.04. The summed E-state index contributed by atoms with van der Waals surface area (Å²) >= 11 is 5.00. The van der Waals surface area contributed by atoms with Gasteiger partial charge in [-0.05, 0) is 27.6 Å². The van der Waals surface area contributed by atoms with E-state index in [4.69, 9.17) is 11.6 Å². The first-order valence-corrected chi connectivity index (χ1v) is 3.94. The van der Waals surface area contributed by atoms with Crippen molar-refractivity contribution in [2.24, 2.45) is 0 Å². The number of hydrogen-bond donors (Lipinski definition) is 0. The number of rotatable bonds is 3. The Bertz CT molecular complexity index is 425. The number of nitro groups is 1. The van der Waals surface area contributed by atoms with E-state index in [1.807, 2.05) is 0 Å². The molecule has 0 spiro atoms. The van der Waals surface area contributed by atoms with E-state index in [-0.39, 0.29) is 0 Å². The van der Waals surface area contributed by atoms with Crippen LogP contribution in [0.2, 0.25) is 0 Å². The molecule has 5 nitrogen and oxygen atoms in total. The SMILES string of the molecule is O=C(Cl)c1ccc([N+](=O)[O-])nc1C(F)F. The van der Waals surface area contributed by atoms with Gasteiger partial charge < -0.3 is 10.1 Å². The highest BCUT2D eigenvalue weighted by Crippen LogP contribution is 2.24. The third kappa shape index (κ3) is 2.44. The Hall–Kier alpha value is -1.63. The fourth-order valence-corrected chi connectivity index (χ4v) is 1.06. The van der Waals surface area contributed by atoms with Gasteiger partial charge in [0.25, 0.3) is 5.24 Å². The van der Waals surface area contributed by atoms with Gasteiger partial charge in [0.1, 0.15) is 0 Å². The van der Waals surface area contributed by atoms with Gasteiger partial charge in [-0.1, -0.05) is 0 Å². The van der Waals surface area contributed by atoms with Crippen LogP contribution in [0.1, 0.15) is 22.5 Å². The Morgan fingerprint density at radius 1 is 1.53 bits per heavy atom. The average molecular weight is 237 g/mol. The molecule has 0 saturated carbocycles. The van der Waals surface area contributed by atoms with Gasteiger partial charge in [-0.3, -0.25) is 4.79 Å². The first kappa shape index (κ1) is 11.4. The minimum Gasteiger partial charge on any atom is -0.358 e. The number of pyridine rings is 1. The van der Waals surface area contributed by atoms with Gasteiger partial charge in [-0.15, -0.1) is 0 Å². The van der Waals surface area contributed by atoms with Crippen molar-refractivity contribution in [2.75, 3.05) is 0 Å². The summed E-state index contributed by atoms with van der Waals surface area (Å²) in [6, 6.07) is 1.68. The van der Waals surface area contributed by atoms with Gasteiger partial charge in [0.15, 0.2) is 0 Å². The lowest BCUT2D eigenvalue weighted by Gasteiger charge is -1.99. The molecule has 0 bridgehead atoms. The van der Waals surface area contributed by atoms with Crippen molar-refractivity contribution >= 4 is 22.7 Å². The number of carbonyl (C=O) groups excluding carboxylic acids is 1. The topological polar surface area (TPSA) is 73.1 Å². The zero-order valence-electron chi connectivity index (χ0n) is 6.99. The summed E-state index contributed by atoms with van der Waals surface area (Å²) in [7, 11) is 0. The fraction of sp³-hybridized carbons (Fsp3) is 0.143. The van der Waals surface area contributed by atoms with Crippen molar-refractivity contribution in [2.45, 2.75) is 6.43 Å². The first-order chi connectivity index (χ1) is 6.93. The molecular formula is C7H3ClF2N2O3. The van der Waals surface area contributed by atoms with E-state index < -0.39 is 33.7 Å². The number of aromatic nitrogens is 1. The molecule has 1 rings (SSSR count). The lowest BCUT2D eigenvalue weighted by molar-refractivity contribution is -0.389. The van der Waals surface area contributed by atoms with Crippen LogP contribution in [0, 0.1) is 10.1 Å². The maximum absolute atomic E-state index is 12.3. The van der Waals surface area contributed by atoms with Crippen LogP contribution in [-0.4, -0.2) is 15.1 Å². The Morgan fingerprint density at radius 2 is 2.13 bits per heavy atom. The van der Waals surface area contributed by atoms with Crippen molar-refractivity contribution < 1.29 is 18.5 Å². The van der Waals surface area contributed by atoms with E-state index in [9.17, 15) is 23.7 Å². The monoisotopic (exact) mass is 236 g/mol. The zero-order chi connectivity index (χ0) is 11.6. The summed E-state index contributed by atoms with van der Waals surface area (Å²) in [5.74, 6) is -0.757. The largest absolute Gasteiger partial charge is 0.363 e. The third-order valence-electron chi connectivity index (χ3n) is 1.52. The second-order valence-corrected chi connectivity index (χ2v) is 2.78. The molecule has 1 aromatic heterocycles. The average Bonchev–Trinajstić information content (AvgIpc) is 2.16. The molecule has 0 aliphatic rings. The minimum atomic E-state index is -3.09. The second-order valence-electron chi connectivity index (χ2n) is 2.43. The smallest absolute Gasteiger partial charge is 0.358 e. The van der Waals surface area contributed by atoms with Crippen molar-refractivity contribution in [3.05, 3.63) is 33.5 Å². The molecule has 0 fully saturated rings. The zero-order valence-corrected chi connectivity index (χ0v) is 7.74. The van der Waals surface area contributed by atoms with Gasteiger partial charge in [-0.2, -0.15) is 0 Å². The third-order valence-corrected chi connectivity index (χ3v) is 1.72. The molecule has 0 N–H and O–H groups in total. The molecule has 0 radical (unpaired) electrons. The number of alkyl halides is 2. The van der Waals surface area contributed by atoms with E-state index in [1.54, 1.807) is 0 Å². The van der Waals surface area contributed by atoms with Gasteiger partial charge in [0, 0.05) is 6.07 Å². The Morgan fingerprint density at radius 3 is 2.53 bits per heavy atom. The second kappa shape index (κ2) is 4.26. The number of nitrogens with zero attached hydrogens (tertiary/aromatic N) is 2. The molecule has 0 aliphatic carbocycles. The molecule has 0 unspecified atom stereocenters. The highest BCUT2D eigenvalue weighted by atomic mass is 35.5. The van der Waals surface area contributed by atoms with Crippen LogP contribution in [0.5, 0.6) is 0 Å². The van der Waals surface area contributed by atoms with Gasteiger partial charge >= 0.3 is 12.2 Å². The van der Waals surface area contributed by atoms with Crippen LogP contribution in [0.4, 0.5) is 14.6 Å². The molecule has 15 heavy (non-hydrogen) atoms. The summed E-state index contributed by atoms with van der Waals surface area (Å²) in [5, 5.41) is 9.11. The first-order valence-electron chi connectivity index (χ1n) is 3.56. The van der Waals surface area contributed by atoms with Crippen LogP contribution in [-0.2, 0) is 0 Å². The molecule has 0 aromatic carbocycles. The van der Waals surface area contributed by atoms with Crippen LogP contribution in [0.25, 0.3) is 0 Å². The van der Waals surface area contributed by atoms with Crippen molar-refractivity contribution in [1.82, 2.24) is 4.98 Å². The summed E-state index contributed by atoms with van der Waals surface area (Å²) in [4.78, 5) is 23.0. The van der Waals surface area contributed by atoms with E-state index in [0.717, 1.165) is 12.1 Å². The van der Waals surface area contributed by atoms with E-state index in [0.29, 0.717) is 0 Å². The fourth-order valence-electron chi connectivity index (χ4n) is 0.898. The van der Waals surface area contributed by atoms with E-state index in [2.05, 4.69) is 4.98 Å². The number of halogens is 3. The molecule has 1 heterocycles. The quantitative estimate of drug-likeness (QED) is 0.459. The summed E-state index contributed by atoms with van der Waals surface area (Å²) in [6.45, 7) is 0. The Balaban J connectivity index is 3.33. The predicted molar refractivity (Wildman–Crippen MR) is 46.0 cm³/mol. The minimum absolute atomic E-state index is 0.530. The normalized spacial score (nSPS) is 10.4. The standard InChI is InChI=1S/C7H3ClF2N2O3/c8-6(13)3-1-2-4(12(14)15)11-5(3)7(9)10/h1-2,7H. The lowest BCUT2D eigenvalue weighted by atomic mass is 10.2. The summed E-state index contributed by atoms with van der Waals surface area (Å²) in [6.07, 6.45) is -3.09. The van der Waals surface area contributed by atoms with Crippen molar-refractivity contribution in [3.8, 4) is 0 Å². The highest BCUT2D eigenvalue weighted by molar-refractivity contribution is 6.67. The molecule has 0 saturated heterocycles. The molecule has 80 valence electrons. The summed E-state index contributed by atoms with van der Waals surface area (Å²) < 4.78 is 24.7. The molecule has 0 aliphatic heterocycles. The van der Waals surface area contributed by atoms with Crippen LogP contribution >= 0.6 is 11.6 Å². The maximum Gasteiger partial charge on any atom is 0.363 e. The highest BCUT2D eigenvalue weighted by Gasteiger charge is 2.26. The van der Waals surface area contributed by atoms with Crippen LogP contribution in [0.3, 0.4) is 0 Å².